The molecular formula is C18H26N4O4. The summed E-state index contributed by atoms with van der Waals surface area (Å²) in [4.78, 5) is 37.2. The van der Waals surface area contributed by atoms with Gasteiger partial charge >= 0.3 is 6.03 Å². The number of hydrogen-bond acceptors (Lipinski definition) is 4. The van der Waals surface area contributed by atoms with Gasteiger partial charge in [-0.3, -0.25) is 9.59 Å². The number of urea groups is 1. The van der Waals surface area contributed by atoms with E-state index in [1.165, 1.54) is 0 Å². The number of carbonyl (C=O) groups is 3. The van der Waals surface area contributed by atoms with Crippen LogP contribution in [0.15, 0.2) is 24.3 Å². The molecule has 4 N–H and O–H groups in total. The van der Waals surface area contributed by atoms with Crippen LogP contribution < -0.4 is 21.1 Å². The van der Waals surface area contributed by atoms with Crippen molar-refractivity contribution in [3.63, 3.8) is 0 Å². The molecule has 1 saturated heterocycles. The largest absolute Gasteiger partial charge is 0.484 e. The Labute approximate surface area is 153 Å². The number of ether oxygens (including phenoxy) is 1. The summed E-state index contributed by atoms with van der Waals surface area (Å²) in [7, 11) is 0. The number of primary amides is 1. The molecule has 1 fully saturated rings. The summed E-state index contributed by atoms with van der Waals surface area (Å²) >= 11 is 0. The molecule has 0 aliphatic carbocycles. The van der Waals surface area contributed by atoms with Crippen LogP contribution in [-0.4, -0.2) is 48.5 Å². The van der Waals surface area contributed by atoms with Gasteiger partial charge in [0.1, 0.15) is 5.75 Å². The van der Waals surface area contributed by atoms with Crippen LogP contribution in [0.25, 0.3) is 0 Å². The van der Waals surface area contributed by atoms with Crippen LogP contribution in [-0.2, 0) is 9.59 Å². The SMILES string of the molecule is CC(C)NC(=O)N1CCCC(C(=O)Nc2cccc(OCC(N)=O)c2)C1. The van der Waals surface area contributed by atoms with Gasteiger partial charge in [0.15, 0.2) is 6.61 Å². The molecule has 2 rings (SSSR count). The van der Waals surface area contributed by atoms with Crippen molar-refractivity contribution in [3.8, 4) is 5.75 Å². The average molecular weight is 362 g/mol. The summed E-state index contributed by atoms with van der Waals surface area (Å²) in [6, 6.07) is 6.68. The summed E-state index contributed by atoms with van der Waals surface area (Å²) in [6.07, 6.45) is 1.51. The molecule has 1 aliphatic heterocycles. The standard InChI is InChI=1S/C18H26N4O4/c1-12(2)20-18(25)22-8-4-5-13(10-22)17(24)21-14-6-3-7-15(9-14)26-11-16(19)23/h3,6-7,9,12-13H,4-5,8,10-11H2,1-2H3,(H2,19,23)(H,20,25)(H,21,24). The molecule has 4 amide bonds. The zero-order valence-corrected chi connectivity index (χ0v) is 15.2. The fourth-order valence-corrected chi connectivity index (χ4v) is 2.78. The van der Waals surface area contributed by atoms with Crippen molar-refractivity contribution in [1.29, 1.82) is 0 Å². The molecule has 0 spiro atoms. The van der Waals surface area contributed by atoms with Gasteiger partial charge in [-0.25, -0.2) is 4.79 Å². The number of likely N-dealkylation sites (tertiary alicyclic amines) is 1. The Balaban J connectivity index is 1.93. The number of nitrogens with zero attached hydrogens (tertiary/aromatic N) is 1. The number of hydrogen-bond donors (Lipinski definition) is 3. The first-order chi connectivity index (χ1) is 12.3. The molecule has 8 heteroatoms. The quantitative estimate of drug-likeness (QED) is 0.708. The van der Waals surface area contributed by atoms with E-state index in [-0.39, 0.29) is 30.5 Å². The highest BCUT2D eigenvalue weighted by Gasteiger charge is 2.28. The lowest BCUT2D eigenvalue weighted by molar-refractivity contribution is -0.121. The van der Waals surface area contributed by atoms with E-state index in [9.17, 15) is 14.4 Å². The van der Waals surface area contributed by atoms with Crippen LogP contribution in [0.2, 0.25) is 0 Å². The second kappa shape index (κ2) is 9.07. The van der Waals surface area contributed by atoms with Gasteiger partial charge in [0.25, 0.3) is 5.91 Å². The van der Waals surface area contributed by atoms with E-state index in [1.807, 2.05) is 13.8 Å². The van der Waals surface area contributed by atoms with Crippen LogP contribution in [0, 0.1) is 5.92 Å². The summed E-state index contributed by atoms with van der Waals surface area (Å²) in [6.45, 7) is 4.62. The molecule has 1 aliphatic rings. The molecule has 0 aromatic heterocycles. The number of carbonyl (C=O) groups excluding carboxylic acids is 3. The van der Waals surface area contributed by atoms with Gasteiger partial charge in [-0.15, -0.1) is 0 Å². The Morgan fingerprint density at radius 1 is 1.35 bits per heavy atom. The highest BCUT2D eigenvalue weighted by molar-refractivity contribution is 5.93. The van der Waals surface area contributed by atoms with Crippen molar-refractivity contribution in [2.24, 2.45) is 11.7 Å². The number of nitrogens with one attached hydrogen (secondary N) is 2. The van der Waals surface area contributed by atoms with E-state index in [0.717, 1.165) is 12.8 Å². The molecule has 142 valence electrons. The molecule has 26 heavy (non-hydrogen) atoms. The number of benzene rings is 1. The Kier molecular flexibility index (Phi) is 6.82. The summed E-state index contributed by atoms with van der Waals surface area (Å²) in [5.74, 6) is -0.527. The molecule has 0 bridgehead atoms. The van der Waals surface area contributed by atoms with Gasteiger partial charge in [0.2, 0.25) is 5.91 Å². The number of nitrogens with two attached hydrogens (primary N) is 1. The molecule has 1 atom stereocenters. The van der Waals surface area contributed by atoms with Crippen molar-refractivity contribution < 1.29 is 19.1 Å². The van der Waals surface area contributed by atoms with E-state index < -0.39 is 5.91 Å². The molecule has 8 nitrogen and oxygen atoms in total. The highest BCUT2D eigenvalue weighted by Crippen LogP contribution is 2.21. The van der Waals surface area contributed by atoms with E-state index in [4.69, 9.17) is 10.5 Å². The number of rotatable bonds is 6. The second-order valence-electron chi connectivity index (χ2n) is 6.66. The molecular weight excluding hydrogens is 336 g/mol. The lowest BCUT2D eigenvalue weighted by Crippen LogP contribution is -2.49. The second-order valence-corrected chi connectivity index (χ2v) is 6.66. The van der Waals surface area contributed by atoms with E-state index in [0.29, 0.717) is 24.5 Å². The first-order valence-electron chi connectivity index (χ1n) is 8.72. The maximum absolute atomic E-state index is 12.6. The smallest absolute Gasteiger partial charge is 0.317 e. The molecule has 0 radical (unpaired) electrons. The van der Waals surface area contributed by atoms with Crippen molar-refractivity contribution in [2.45, 2.75) is 32.7 Å². The summed E-state index contributed by atoms with van der Waals surface area (Å²) in [5, 5.41) is 5.70. The average Bonchev–Trinajstić information content (AvgIpc) is 2.60. The van der Waals surface area contributed by atoms with Gasteiger partial charge in [0.05, 0.1) is 5.92 Å². The van der Waals surface area contributed by atoms with Gasteiger partial charge in [-0.1, -0.05) is 6.07 Å². The molecule has 0 saturated carbocycles. The predicted molar refractivity (Wildman–Crippen MR) is 97.7 cm³/mol. The highest BCUT2D eigenvalue weighted by atomic mass is 16.5. The first kappa shape index (κ1) is 19.6. The van der Waals surface area contributed by atoms with Crippen LogP contribution in [0.1, 0.15) is 26.7 Å². The fourth-order valence-electron chi connectivity index (χ4n) is 2.78. The lowest BCUT2D eigenvalue weighted by Gasteiger charge is -2.32. The number of anilines is 1. The first-order valence-corrected chi connectivity index (χ1v) is 8.72. The fraction of sp³-hybridized carbons (Fsp3) is 0.500. The van der Waals surface area contributed by atoms with Crippen LogP contribution in [0.3, 0.4) is 0 Å². The van der Waals surface area contributed by atoms with Crippen LogP contribution in [0.4, 0.5) is 10.5 Å². The lowest BCUT2D eigenvalue weighted by atomic mass is 9.97. The molecule has 1 aromatic rings. The maximum atomic E-state index is 12.6. The Morgan fingerprint density at radius 3 is 2.81 bits per heavy atom. The summed E-state index contributed by atoms with van der Waals surface area (Å²) in [5.41, 5.74) is 5.62. The van der Waals surface area contributed by atoms with Crippen molar-refractivity contribution >= 4 is 23.5 Å². The third kappa shape index (κ3) is 5.94. The van der Waals surface area contributed by atoms with Gasteiger partial charge in [-0.05, 0) is 38.8 Å². The minimum absolute atomic E-state index is 0.0554. The monoisotopic (exact) mass is 362 g/mol. The third-order valence-corrected chi connectivity index (χ3v) is 3.97. The normalized spacial score (nSPS) is 16.9. The van der Waals surface area contributed by atoms with E-state index in [1.54, 1.807) is 29.2 Å². The van der Waals surface area contributed by atoms with Gasteiger partial charge in [-0.2, -0.15) is 0 Å². The van der Waals surface area contributed by atoms with Crippen LogP contribution in [0.5, 0.6) is 5.75 Å². The zero-order chi connectivity index (χ0) is 19.1. The number of amides is 4. The van der Waals surface area contributed by atoms with Crippen molar-refractivity contribution in [3.05, 3.63) is 24.3 Å². The zero-order valence-electron chi connectivity index (χ0n) is 15.2. The molecule has 1 unspecified atom stereocenters. The minimum atomic E-state index is -0.568. The molecule has 1 aromatic carbocycles. The van der Waals surface area contributed by atoms with Gasteiger partial charge < -0.3 is 26.0 Å². The topological polar surface area (TPSA) is 114 Å². The number of piperidine rings is 1. The van der Waals surface area contributed by atoms with Crippen molar-refractivity contribution in [1.82, 2.24) is 10.2 Å². The third-order valence-electron chi connectivity index (χ3n) is 3.97. The predicted octanol–water partition coefficient (Wildman–Crippen LogP) is 1.32. The minimum Gasteiger partial charge on any atom is -0.484 e. The van der Waals surface area contributed by atoms with E-state index in [2.05, 4.69) is 10.6 Å². The maximum Gasteiger partial charge on any atom is 0.317 e. The summed E-state index contributed by atoms with van der Waals surface area (Å²) < 4.78 is 5.23. The van der Waals surface area contributed by atoms with E-state index >= 15 is 0 Å². The van der Waals surface area contributed by atoms with Gasteiger partial charge in [0, 0.05) is 30.9 Å². The van der Waals surface area contributed by atoms with Crippen molar-refractivity contribution in [2.75, 3.05) is 25.0 Å². The van der Waals surface area contributed by atoms with Crippen LogP contribution >= 0.6 is 0 Å². The Hall–Kier alpha value is -2.77. The Bertz CT molecular complexity index is 662. The molecule has 1 heterocycles. The Morgan fingerprint density at radius 2 is 2.12 bits per heavy atom.